The van der Waals surface area contributed by atoms with Crippen molar-refractivity contribution in [3.05, 3.63) is 60.2 Å². The number of ether oxygens (including phenoxy) is 1. The highest BCUT2D eigenvalue weighted by Crippen LogP contribution is 2.33. The lowest BCUT2D eigenvalue weighted by atomic mass is 10.2. The Morgan fingerprint density at radius 2 is 1.85 bits per heavy atom. The first-order valence-electron chi connectivity index (χ1n) is 8.25. The second-order valence-electron chi connectivity index (χ2n) is 6.17. The van der Waals surface area contributed by atoms with Gasteiger partial charge in [0, 0.05) is 11.3 Å². The molecule has 1 saturated heterocycles. The second-order valence-corrected chi connectivity index (χ2v) is 9.06. The van der Waals surface area contributed by atoms with Crippen LogP contribution in [0.5, 0.6) is 0 Å². The molecule has 2 aromatic carbocycles. The molecule has 1 aromatic heterocycles. The van der Waals surface area contributed by atoms with Crippen LogP contribution in [0.3, 0.4) is 0 Å². The van der Waals surface area contributed by atoms with Crippen LogP contribution in [0.25, 0.3) is 11.4 Å². The third-order valence-electron chi connectivity index (χ3n) is 4.10. The topological polar surface area (TPSA) is 75.3 Å². The highest BCUT2D eigenvalue weighted by molar-refractivity contribution is 8.00. The Morgan fingerprint density at radius 1 is 1.15 bits per heavy atom. The fourth-order valence-electron chi connectivity index (χ4n) is 2.53. The van der Waals surface area contributed by atoms with E-state index in [0.717, 1.165) is 17.7 Å². The molecule has 0 aliphatic carbocycles. The van der Waals surface area contributed by atoms with Crippen LogP contribution in [-0.4, -0.2) is 36.8 Å². The maximum atomic E-state index is 13.2. The fourth-order valence-corrected chi connectivity index (χ4v) is 5.14. The molecule has 7 heteroatoms. The maximum absolute atomic E-state index is 13.2. The van der Waals surface area contributed by atoms with Crippen molar-refractivity contribution in [3.8, 4) is 11.4 Å². The van der Waals surface area contributed by atoms with Crippen LogP contribution in [0, 0.1) is 6.92 Å². The molecule has 1 unspecified atom stereocenters. The summed E-state index contributed by atoms with van der Waals surface area (Å²) >= 11 is 1.41. The molecule has 0 saturated carbocycles. The molecule has 2 heterocycles. The smallest absolute Gasteiger partial charge is 0.224 e. The highest BCUT2D eigenvalue weighted by Gasteiger charge is 2.29. The Balaban J connectivity index is 1.77. The molecular weight excluding hydrogens is 368 g/mol. The minimum atomic E-state index is -3.68. The summed E-state index contributed by atoms with van der Waals surface area (Å²) in [4.78, 5) is 7.86. The van der Waals surface area contributed by atoms with Crippen LogP contribution in [0.1, 0.15) is 5.56 Å². The molecule has 0 amide bonds. The number of hydrogen-bond acceptors (Lipinski definition) is 5. The molecule has 3 aromatic rings. The number of aromatic amines is 1. The van der Waals surface area contributed by atoms with Crippen molar-refractivity contribution in [2.24, 2.45) is 0 Å². The molecule has 1 N–H and O–H groups in total. The predicted molar refractivity (Wildman–Crippen MR) is 101 cm³/mol. The van der Waals surface area contributed by atoms with Crippen LogP contribution in [0.4, 0.5) is 0 Å². The quantitative estimate of drug-likeness (QED) is 0.516. The zero-order chi connectivity index (χ0) is 18.1. The van der Waals surface area contributed by atoms with Crippen LogP contribution >= 0.6 is 11.8 Å². The number of benzene rings is 2. The Labute approximate surface area is 156 Å². The summed E-state index contributed by atoms with van der Waals surface area (Å²) in [5.74, 6) is 1.24. The number of imidazole rings is 1. The summed E-state index contributed by atoms with van der Waals surface area (Å²) in [6, 6.07) is 16.4. The van der Waals surface area contributed by atoms with Crippen LogP contribution < -0.4 is 0 Å². The largest absolute Gasteiger partial charge is 0.372 e. The van der Waals surface area contributed by atoms with Crippen molar-refractivity contribution >= 4 is 21.6 Å². The SMILES string of the molecule is Cc1ccc(S(=O)(=O)c2[nH]c(-c3ccccc3)nc2SCC2CO2)cc1. The Hall–Kier alpha value is -2.09. The van der Waals surface area contributed by atoms with Gasteiger partial charge in [-0.1, -0.05) is 48.0 Å². The minimum Gasteiger partial charge on any atom is -0.372 e. The molecule has 4 rings (SSSR count). The zero-order valence-electron chi connectivity index (χ0n) is 14.2. The van der Waals surface area contributed by atoms with Gasteiger partial charge in [-0.25, -0.2) is 13.4 Å². The molecule has 1 fully saturated rings. The summed E-state index contributed by atoms with van der Waals surface area (Å²) in [7, 11) is -3.68. The van der Waals surface area contributed by atoms with Crippen molar-refractivity contribution in [2.45, 2.75) is 28.0 Å². The van der Waals surface area contributed by atoms with Gasteiger partial charge in [-0.15, -0.1) is 11.8 Å². The lowest BCUT2D eigenvalue weighted by molar-refractivity contribution is 0.426. The van der Waals surface area contributed by atoms with Gasteiger partial charge in [0.05, 0.1) is 17.6 Å². The second kappa shape index (κ2) is 6.90. The number of epoxide rings is 1. The third kappa shape index (κ3) is 3.56. The van der Waals surface area contributed by atoms with Gasteiger partial charge >= 0.3 is 0 Å². The van der Waals surface area contributed by atoms with Crippen molar-refractivity contribution in [1.29, 1.82) is 0 Å². The first-order chi connectivity index (χ1) is 12.5. The van der Waals surface area contributed by atoms with E-state index in [9.17, 15) is 8.42 Å². The average molecular weight is 386 g/mol. The van der Waals surface area contributed by atoms with Crippen molar-refractivity contribution in [1.82, 2.24) is 9.97 Å². The molecule has 134 valence electrons. The zero-order valence-corrected chi connectivity index (χ0v) is 15.8. The molecule has 1 atom stereocenters. The summed E-state index contributed by atoms with van der Waals surface area (Å²) in [6.07, 6.45) is 0.187. The van der Waals surface area contributed by atoms with Gasteiger partial charge in [0.15, 0.2) is 5.03 Å². The Morgan fingerprint density at radius 3 is 2.50 bits per heavy atom. The predicted octanol–water partition coefficient (Wildman–Crippen LogP) is 3.71. The van der Waals surface area contributed by atoms with Gasteiger partial charge in [-0.05, 0) is 19.1 Å². The number of H-pyrrole nitrogens is 1. The first kappa shape index (κ1) is 17.3. The maximum Gasteiger partial charge on any atom is 0.224 e. The van der Waals surface area contributed by atoms with Crippen molar-refractivity contribution < 1.29 is 13.2 Å². The third-order valence-corrected chi connectivity index (χ3v) is 7.06. The molecule has 26 heavy (non-hydrogen) atoms. The van der Waals surface area contributed by atoms with Crippen molar-refractivity contribution in [2.75, 3.05) is 12.4 Å². The Kier molecular flexibility index (Phi) is 4.60. The molecule has 5 nitrogen and oxygen atoms in total. The normalized spacial score (nSPS) is 16.6. The number of thioether (sulfide) groups is 1. The van der Waals surface area contributed by atoms with Gasteiger partial charge in [0.2, 0.25) is 9.84 Å². The van der Waals surface area contributed by atoms with E-state index in [2.05, 4.69) is 9.97 Å². The number of aromatic nitrogens is 2. The van der Waals surface area contributed by atoms with Crippen LogP contribution in [0.2, 0.25) is 0 Å². The van der Waals surface area contributed by atoms with Crippen molar-refractivity contribution in [3.63, 3.8) is 0 Å². The van der Waals surface area contributed by atoms with Crippen LogP contribution in [0.15, 0.2) is 69.5 Å². The summed E-state index contributed by atoms with van der Waals surface area (Å²) in [5, 5.41) is 0.630. The fraction of sp³-hybridized carbons (Fsp3) is 0.211. The molecule has 1 aliphatic rings. The van der Waals surface area contributed by atoms with Gasteiger partial charge in [0.1, 0.15) is 10.9 Å². The van der Waals surface area contributed by atoms with E-state index in [1.165, 1.54) is 11.8 Å². The van der Waals surface area contributed by atoms with Gasteiger partial charge < -0.3 is 9.72 Å². The molecule has 0 bridgehead atoms. The van der Waals surface area contributed by atoms with Crippen LogP contribution in [-0.2, 0) is 14.6 Å². The van der Waals surface area contributed by atoms with E-state index in [0.29, 0.717) is 16.6 Å². The monoisotopic (exact) mass is 386 g/mol. The van der Waals surface area contributed by atoms with E-state index in [-0.39, 0.29) is 16.0 Å². The van der Waals surface area contributed by atoms with Gasteiger partial charge in [-0.2, -0.15) is 0 Å². The molecular formula is C19H18N2O3S2. The number of nitrogens with one attached hydrogen (secondary N) is 1. The van der Waals surface area contributed by atoms with E-state index in [1.54, 1.807) is 24.3 Å². The lowest BCUT2D eigenvalue weighted by Gasteiger charge is -2.05. The number of nitrogens with zero attached hydrogens (tertiary/aromatic N) is 1. The van der Waals surface area contributed by atoms with Gasteiger partial charge in [0.25, 0.3) is 0 Å². The minimum absolute atomic E-state index is 0.144. The summed E-state index contributed by atoms with van der Waals surface area (Å²) in [5.41, 5.74) is 1.86. The van der Waals surface area contributed by atoms with E-state index >= 15 is 0 Å². The number of aryl methyl sites for hydroxylation is 1. The standard InChI is InChI=1S/C19H18N2O3S2/c1-13-7-9-16(10-8-13)26(22,23)19-18(25-12-15-11-24-15)20-17(21-19)14-5-3-2-4-6-14/h2-10,15H,11-12H2,1H3,(H,20,21). The summed E-state index contributed by atoms with van der Waals surface area (Å²) < 4.78 is 31.5. The van der Waals surface area contributed by atoms with E-state index < -0.39 is 9.84 Å². The Bertz CT molecular complexity index is 1010. The number of rotatable bonds is 6. The highest BCUT2D eigenvalue weighted by atomic mass is 32.2. The summed E-state index contributed by atoms with van der Waals surface area (Å²) in [6.45, 7) is 2.65. The van der Waals surface area contributed by atoms with E-state index in [1.807, 2.05) is 37.3 Å². The first-order valence-corrected chi connectivity index (χ1v) is 10.7. The number of sulfone groups is 1. The van der Waals surface area contributed by atoms with E-state index in [4.69, 9.17) is 4.74 Å². The number of hydrogen-bond donors (Lipinski definition) is 1. The molecule has 0 radical (unpaired) electrons. The lowest BCUT2D eigenvalue weighted by Crippen LogP contribution is -2.04. The molecule has 0 spiro atoms. The van der Waals surface area contributed by atoms with Gasteiger partial charge in [-0.3, -0.25) is 0 Å². The molecule has 1 aliphatic heterocycles. The average Bonchev–Trinajstić information content (AvgIpc) is 3.38.